The van der Waals surface area contributed by atoms with Gasteiger partial charge in [0.15, 0.2) is 5.65 Å². The molecular formula is C19H12F3N5O. The van der Waals surface area contributed by atoms with Crippen LogP contribution in [0.5, 0.6) is 0 Å². The molecule has 0 radical (unpaired) electrons. The highest BCUT2D eigenvalue weighted by Gasteiger charge is 2.34. The molecule has 9 heteroatoms. The molecule has 140 valence electrons. The summed E-state index contributed by atoms with van der Waals surface area (Å²) in [6, 6.07) is 11.6. The first kappa shape index (κ1) is 17.7. The quantitative estimate of drug-likeness (QED) is 0.586. The molecular weight excluding hydrogens is 371 g/mol. The van der Waals surface area contributed by atoms with Crippen LogP contribution >= 0.6 is 0 Å². The van der Waals surface area contributed by atoms with Crippen molar-refractivity contribution in [2.75, 3.05) is 0 Å². The lowest BCUT2D eigenvalue weighted by atomic mass is 10.0. The zero-order valence-corrected chi connectivity index (χ0v) is 14.2. The minimum Gasteiger partial charge on any atom is -0.365 e. The zero-order valence-electron chi connectivity index (χ0n) is 14.2. The van der Waals surface area contributed by atoms with E-state index in [2.05, 4.69) is 15.1 Å². The second kappa shape index (κ2) is 6.45. The number of fused-ring (bicyclic) bond motifs is 1. The molecule has 0 saturated heterocycles. The molecule has 0 saturated carbocycles. The van der Waals surface area contributed by atoms with Gasteiger partial charge >= 0.3 is 6.18 Å². The van der Waals surface area contributed by atoms with E-state index >= 15 is 0 Å². The molecule has 0 aliphatic rings. The van der Waals surface area contributed by atoms with Crippen LogP contribution in [0.3, 0.4) is 0 Å². The van der Waals surface area contributed by atoms with Gasteiger partial charge in [0, 0.05) is 18.0 Å². The van der Waals surface area contributed by atoms with Gasteiger partial charge in [0.1, 0.15) is 11.3 Å². The predicted octanol–water partition coefficient (Wildman–Crippen LogP) is 3.58. The van der Waals surface area contributed by atoms with Gasteiger partial charge < -0.3 is 5.73 Å². The van der Waals surface area contributed by atoms with Crippen molar-refractivity contribution in [3.05, 3.63) is 72.1 Å². The summed E-state index contributed by atoms with van der Waals surface area (Å²) in [4.78, 5) is 20.5. The number of rotatable bonds is 3. The Morgan fingerprint density at radius 1 is 1.00 bits per heavy atom. The number of nitrogens with zero attached hydrogens (tertiary/aromatic N) is 4. The molecule has 28 heavy (non-hydrogen) atoms. The fourth-order valence-electron chi connectivity index (χ4n) is 2.94. The van der Waals surface area contributed by atoms with Crippen molar-refractivity contribution in [3.8, 4) is 22.6 Å². The third-order valence-electron chi connectivity index (χ3n) is 4.15. The number of nitrogens with two attached hydrogens (primary N) is 1. The summed E-state index contributed by atoms with van der Waals surface area (Å²) >= 11 is 0. The van der Waals surface area contributed by atoms with Gasteiger partial charge in [-0.3, -0.25) is 9.78 Å². The number of benzene rings is 1. The monoisotopic (exact) mass is 383 g/mol. The Balaban J connectivity index is 1.96. The maximum absolute atomic E-state index is 13.4. The van der Waals surface area contributed by atoms with Crippen LogP contribution in [0.4, 0.5) is 13.2 Å². The molecule has 0 aliphatic carbocycles. The van der Waals surface area contributed by atoms with Gasteiger partial charge in [0.2, 0.25) is 0 Å². The van der Waals surface area contributed by atoms with E-state index < -0.39 is 17.6 Å². The zero-order chi connectivity index (χ0) is 19.9. The minimum absolute atomic E-state index is 0.00922. The maximum atomic E-state index is 13.4. The van der Waals surface area contributed by atoms with E-state index in [9.17, 15) is 18.0 Å². The summed E-state index contributed by atoms with van der Waals surface area (Å²) in [5.41, 5.74) is 5.30. The van der Waals surface area contributed by atoms with Gasteiger partial charge in [-0.1, -0.05) is 24.3 Å². The van der Waals surface area contributed by atoms with Crippen LogP contribution in [0.25, 0.3) is 28.3 Å². The Labute approximate surface area is 156 Å². The maximum Gasteiger partial charge on any atom is 0.417 e. The number of alkyl halides is 3. The Kier molecular flexibility index (Phi) is 4.07. The molecule has 1 amide bonds. The SMILES string of the molecule is NC(=O)c1c(-c2ccccn2)nn2ccc(-c3ccccc3C(F)(F)F)nc12. The summed E-state index contributed by atoms with van der Waals surface area (Å²) in [7, 11) is 0. The summed E-state index contributed by atoms with van der Waals surface area (Å²) < 4.78 is 41.4. The second-order valence-electron chi connectivity index (χ2n) is 5.93. The van der Waals surface area contributed by atoms with E-state index in [4.69, 9.17) is 5.73 Å². The Morgan fingerprint density at radius 3 is 2.43 bits per heavy atom. The van der Waals surface area contributed by atoms with Gasteiger partial charge in [0.25, 0.3) is 5.91 Å². The second-order valence-corrected chi connectivity index (χ2v) is 5.93. The molecule has 0 bridgehead atoms. The molecule has 0 spiro atoms. The highest BCUT2D eigenvalue weighted by Crippen LogP contribution is 2.36. The van der Waals surface area contributed by atoms with E-state index in [1.165, 1.54) is 41.2 Å². The molecule has 4 rings (SSSR count). The molecule has 3 heterocycles. The topological polar surface area (TPSA) is 86.2 Å². The van der Waals surface area contributed by atoms with Crippen LogP contribution in [-0.4, -0.2) is 25.5 Å². The molecule has 3 aromatic heterocycles. The number of hydrogen-bond acceptors (Lipinski definition) is 4. The first-order chi connectivity index (χ1) is 13.4. The van der Waals surface area contributed by atoms with Gasteiger partial charge in [0.05, 0.1) is 17.0 Å². The number of pyridine rings is 1. The van der Waals surface area contributed by atoms with Crippen molar-refractivity contribution in [2.45, 2.75) is 6.18 Å². The molecule has 0 fully saturated rings. The fourth-order valence-corrected chi connectivity index (χ4v) is 2.94. The van der Waals surface area contributed by atoms with Crippen molar-refractivity contribution in [1.82, 2.24) is 19.6 Å². The van der Waals surface area contributed by atoms with Crippen LogP contribution < -0.4 is 5.73 Å². The number of carbonyl (C=O) groups is 1. The van der Waals surface area contributed by atoms with E-state index in [1.807, 2.05) is 0 Å². The predicted molar refractivity (Wildman–Crippen MR) is 95.2 cm³/mol. The summed E-state index contributed by atoms with van der Waals surface area (Å²) in [6.07, 6.45) is -1.58. The number of primary amides is 1. The molecule has 0 unspecified atom stereocenters. The number of aromatic nitrogens is 4. The summed E-state index contributed by atoms with van der Waals surface area (Å²) in [6.45, 7) is 0. The van der Waals surface area contributed by atoms with Crippen molar-refractivity contribution in [3.63, 3.8) is 0 Å². The van der Waals surface area contributed by atoms with Gasteiger partial charge in [-0.2, -0.15) is 18.3 Å². The third kappa shape index (κ3) is 2.96. The molecule has 0 atom stereocenters. The average Bonchev–Trinajstić information content (AvgIpc) is 3.07. The Morgan fingerprint density at radius 2 is 1.75 bits per heavy atom. The van der Waals surface area contributed by atoms with Gasteiger partial charge in [-0.25, -0.2) is 9.50 Å². The van der Waals surface area contributed by atoms with Gasteiger partial charge in [-0.05, 0) is 24.3 Å². The van der Waals surface area contributed by atoms with Crippen molar-refractivity contribution in [1.29, 1.82) is 0 Å². The molecule has 0 aliphatic heterocycles. The van der Waals surface area contributed by atoms with Crippen molar-refractivity contribution in [2.24, 2.45) is 5.73 Å². The van der Waals surface area contributed by atoms with Crippen LogP contribution in [-0.2, 0) is 6.18 Å². The molecule has 1 aromatic carbocycles. The highest BCUT2D eigenvalue weighted by atomic mass is 19.4. The third-order valence-corrected chi connectivity index (χ3v) is 4.15. The van der Waals surface area contributed by atoms with Crippen LogP contribution in [0.15, 0.2) is 60.9 Å². The normalized spacial score (nSPS) is 11.7. The fraction of sp³-hybridized carbons (Fsp3) is 0.0526. The summed E-state index contributed by atoms with van der Waals surface area (Å²) in [5, 5.41) is 4.28. The lowest BCUT2D eigenvalue weighted by molar-refractivity contribution is -0.137. The standard InChI is InChI=1S/C19H12F3N5O/c20-19(21,22)12-6-2-1-5-11(12)13-8-10-27-18(25-13)15(17(23)28)16(26-27)14-7-3-4-9-24-14/h1-10H,(H2,23,28). The first-order valence-electron chi connectivity index (χ1n) is 8.13. The van der Waals surface area contributed by atoms with E-state index in [1.54, 1.807) is 18.2 Å². The van der Waals surface area contributed by atoms with Crippen LogP contribution in [0.1, 0.15) is 15.9 Å². The average molecular weight is 383 g/mol. The molecule has 6 nitrogen and oxygen atoms in total. The van der Waals surface area contributed by atoms with Crippen molar-refractivity contribution >= 4 is 11.6 Å². The van der Waals surface area contributed by atoms with E-state index in [0.29, 0.717) is 5.69 Å². The minimum atomic E-state index is -4.55. The highest BCUT2D eigenvalue weighted by molar-refractivity contribution is 6.04. The Bertz CT molecular complexity index is 1190. The number of halogens is 3. The van der Waals surface area contributed by atoms with Crippen LogP contribution in [0.2, 0.25) is 0 Å². The lowest BCUT2D eigenvalue weighted by Crippen LogP contribution is -2.13. The van der Waals surface area contributed by atoms with E-state index in [-0.39, 0.29) is 28.2 Å². The number of hydrogen-bond donors (Lipinski definition) is 1. The van der Waals surface area contributed by atoms with Gasteiger partial charge in [-0.15, -0.1) is 0 Å². The largest absolute Gasteiger partial charge is 0.417 e. The Hall–Kier alpha value is -3.75. The lowest BCUT2D eigenvalue weighted by Gasteiger charge is -2.12. The summed E-state index contributed by atoms with van der Waals surface area (Å²) in [5.74, 6) is -0.801. The van der Waals surface area contributed by atoms with Crippen LogP contribution in [0, 0.1) is 0 Å². The number of carbonyl (C=O) groups excluding carboxylic acids is 1. The van der Waals surface area contributed by atoms with E-state index in [0.717, 1.165) is 6.07 Å². The van der Waals surface area contributed by atoms with Crippen molar-refractivity contribution < 1.29 is 18.0 Å². The molecule has 4 aromatic rings. The number of amides is 1. The molecule has 2 N–H and O–H groups in total. The smallest absolute Gasteiger partial charge is 0.365 e. The first-order valence-corrected chi connectivity index (χ1v) is 8.13.